The van der Waals surface area contributed by atoms with Gasteiger partial charge in [0.2, 0.25) is 0 Å². The van der Waals surface area contributed by atoms with E-state index in [0.29, 0.717) is 0 Å². The van der Waals surface area contributed by atoms with E-state index in [1.165, 1.54) is 0 Å². The molecule has 1 N–H and O–H groups in total. The van der Waals surface area contributed by atoms with E-state index in [1.54, 1.807) is 23.7 Å². The van der Waals surface area contributed by atoms with E-state index in [4.69, 9.17) is 4.74 Å². The monoisotopic (exact) mass is 166 g/mol. The molecule has 0 amide bonds. The Bertz CT molecular complexity index is 269. The first kappa shape index (κ1) is 6.42. The molecular formula is C7H6N2OS. The second kappa shape index (κ2) is 2.75. The number of H-pyrrole nitrogens is 1. The van der Waals surface area contributed by atoms with Gasteiger partial charge in [-0.05, 0) is 17.5 Å². The van der Waals surface area contributed by atoms with Gasteiger partial charge in [0, 0.05) is 0 Å². The van der Waals surface area contributed by atoms with E-state index in [2.05, 4.69) is 10.2 Å². The summed E-state index contributed by atoms with van der Waals surface area (Å²) in [5.41, 5.74) is 0. The number of ether oxygens (including phenoxy) is 1. The molecule has 0 spiro atoms. The van der Waals surface area contributed by atoms with Crippen LogP contribution < -0.4 is 4.74 Å². The van der Waals surface area contributed by atoms with Gasteiger partial charge in [0.1, 0.15) is 0 Å². The van der Waals surface area contributed by atoms with Gasteiger partial charge in [-0.25, -0.2) is 0 Å². The van der Waals surface area contributed by atoms with Crippen molar-refractivity contribution in [2.45, 2.75) is 0 Å². The molecule has 0 unspecified atom stereocenters. The standard InChI is InChI=1S/C7H6N2OS/c1-2-7(11-3-1)10-6-4-8-9-5-6/h1-5H,(H,8,9). The van der Waals surface area contributed by atoms with Crippen molar-refractivity contribution in [1.82, 2.24) is 10.2 Å². The molecule has 0 aliphatic heterocycles. The largest absolute Gasteiger partial charge is 0.443 e. The second-order valence-electron chi connectivity index (χ2n) is 1.97. The van der Waals surface area contributed by atoms with Gasteiger partial charge < -0.3 is 4.74 Å². The van der Waals surface area contributed by atoms with Crippen LogP contribution in [0.2, 0.25) is 0 Å². The van der Waals surface area contributed by atoms with Gasteiger partial charge in [-0.15, -0.1) is 11.3 Å². The summed E-state index contributed by atoms with van der Waals surface area (Å²) in [6.07, 6.45) is 3.35. The number of nitrogens with one attached hydrogen (secondary N) is 1. The number of thiophene rings is 1. The normalized spacial score (nSPS) is 9.82. The van der Waals surface area contributed by atoms with Gasteiger partial charge in [-0.3, -0.25) is 5.10 Å². The molecule has 0 aromatic carbocycles. The topological polar surface area (TPSA) is 37.9 Å². The summed E-state index contributed by atoms with van der Waals surface area (Å²) in [5.74, 6) is 0.743. The van der Waals surface area contributed by atoms with Crippen LogP contribution in [0.15, 0.2) is 29.9 Å². The van der Waals surface area contributed by atoms with Gasteiger partial charge in [-0.1, -0.05) is 0 Å². The fourth-order valence-electron chi connectivity index (χ4n) is 0.733. The SMILES string of the molecule is c1csc(Oc2cn[nH]c2)c1. The molecule has 2 heterocycles. The summed E-state index contributed by atoms with van der Waals surface area (Å²) in [4.78, 5) is 0. The second-order valence-corrected chi connectivity index (χ2v) is 2.88. The van der Waals surface area contributed by atoms with Crippen LogP contribution in [0.4, 0.5) is 0 Å². The smallest absolute Gasteiger partial charge is 0.181 e. The predicted molar refractivity (Wildman–Crippen MR) is 43.0 cm³/mol. The summed E-state index contributed by atoms with van der Waals surface area (Å²) in [7, 11) is 0. The molecule has 2 aromatic rings. The number of hydrogen-bond acceptors (Lipinski definition) is 3. The maximum atomic E-state index is 5.38. The Labute approximate surface area is 67.6 Å². The van der Waals surface area contributed by atoms with Gasteiger partial charge in [0.25, 0.3) is 0 Å². The lowest BCUT2D eigenvalue weighted by molar-refractivity contribution is 0.497. The maximum Gasteiger partial charge on any atom is 0.181 e. The summed E-state index contributed by atoms with van der Waals surface area (Å²) < 4.78 is 5.38. The summed E-state index contributed by atoms with van der Waals surface area (Å²) in [5, 5.41) is 9.28. The first-order valence-electron chi connectivity index (χ1n) is 3.15. The van der Waals surface area contributed by atoms with Crippen molar-refractivity contribution in [3.8, 4) is 10.8 Å². The Kier molecular flexibility index (Phi) is 1.61. The van der Waals surface area contributed by atoms with E-state index >= 15 is 0 Å². The minimum absolute atomic E-state index is 0.743. The van der Waals surface area contributed by atoms with Crippen LogP contribution in [0, 0.1) is 0 Å². The van der Waals surface area contributed by atoms with Crippen LogP contribution in [-0.4, -0.2) is 10.2 Å². The number of hydrogen-bond donors (Lipinski definition) is 1. The van der Waals surface area contributed by atoms with E-state index in [-0.39, 0.29) is 0 Å². The lowest BCUT2D eigenvalue weighted by atomic mass is 10.6. The minimum Gasteiger partial charge on any atom is -0.443 e. The highest BCUT2D eigenvalue weighted by Gasteiger charge is 1.96. The lowest BCUT2D eigenvalue weighted by Gasteiger charge is -1.94. The van der Waals surface area contributed by atoms with Crippen molar-refractivity contribution in [3.05, 3.63) is 29.9 Å². The zero-order valence-electron chi connectivity index (χ0n) is 5.65. The highest BCUT2D eigenvalue weighted by atomic mass is 32.1. The van der Waals surface area contributed by atoms with Crippen molar-refractivity contribution < 1.29 is 4.74 Å². The third kappa shape index (κ3) is 1.40. The maximum absolute atomic E-state index is 5.38. The Morgan fingerprint density at radius 2 is 2.55 bits per heavy atom. The van der Waals surface area contributed by atoms with Crippen LogP contribution in [0.25, 0.3) is 0 Å². The van der Waals surface area contributed by atoms with Gasteiger partial charge in [0.15, 0.2) is 10.8 Å². The van der Waals surface area contributed by atoms with Crippen molar-refractivity contribution >= 4 is 11.3 Å². The Hall–Kier alpha value is -1.29. The third-order valence-corrected chi connectivity index (χ3v) is 1.93. The predicted octanol–water partition coefficient (Wildman–Crippen LogP) is 2.26. The van der Waals surface area contributed by atoms with Crippen molar-refractivity contribution in [1.29, 1.82) is 0 Å². The van der Waals surface area contributed by atoms with Crippen LogP contribution in [0.3, 0.4) is 0 Å². The first-order valence-corrected chi connectivity index (χ1v) is 4.03. The zero-order valence-corrected chi connectivity index (χ0v) is 6.47. The highest BCUT2D eigenvalue weighted by molar-refractivity contribution is 7.11. The van der Waals surface area contributed by atoms with E-state index < -0.39 is 0 Å². The molecule has 0 saturated heterocycles. The number of rotatable bonds is 2. The average Bonchev–Trinajstić information content (AvgIpc) is 2.60. The Morgan fingerprint density at radius 3 is 3.18 bits per heavy atom. The van der Waals surface area contributed by atoms with Gasteiger partial charge in [0.05, 0.1) is 12.4 Å². The third-order valence-electron chi connectivity index (χ3n) is 1.19. The molecule has 56 valence electrons. The quantitative estimate of drug-likeness (QED) is 0.743. The molecule has 0 aliphatic carbocycles. The van der Waals surface area contributed by atoms with Crippen LogP contribution in [0.1, 0.15) is 0 Å². The van der Waals surface area contributed by atoms with Crippen molar-refractivity contribution in [2.24, 2.45) is 0 Å². The number of aromatic nitrogens is 2. The molecule has 0 aliphatic rings. The highest BCUT2D eigenvalue weighted by Crippen LogP contribution is 2.24. The molecule has 0 saturated carbocycles. The molecule has 3 nitrogen and oxygen atoms in total. The summed E-state index contributed by atoms with van der Waals surface area (Å²) in [6, 6.07) is 3.86. The van der Waals surface area contributed by atoms with Crippen molar-refractivity contribution in [3.63, 3.8) is 0 Å². The summed E-state index contributed by atoms with van der Waals surface area (Å²) >= 11 is 1.56. The van der Waals surface area contributed by atoms with Gasteiger partial charge in [-0.2, -0.15) is 5.10 Å². The average molecular weight is 166 g/mol. The van der Waals surface area contributed by atoms with Crippen molar-refractivity contribution in [2.75, 3.05) is 0 Å². The van der Waals surface area contributed by atoms with Crippen LogP contribution in [0.5, 0.6) is 10.8 Å². The first-order chi connectivity index (χ1) is 5.45. The molecule has 0 atom stereocenters. The number of aromatic amines is 1. The fourth-order valence-corrected chi connectivity index (χ4v) is 1.33. The molecule has 0 bridgehead atoms. The Balaban J connectivity index is 2.14. The van der Waals surface area contributed by atoms with E-state index in [9.17, 15) is 0 Å². The lowest BCUT2D eigenvalue weighted by Crippen LogP contribution is -1.74. The summed E-state index contributed by atoms with van der Waals surface area (Å²) in [6.45, 7) is 0. The van der Waals surface area contributed by atoms with E-state index in [0.717, 1.165) is 10.8 Å². The molecule has 0 radical (unpaired) electrons. The number of nitrogens with zero attached hydrogens (tertiary/aromatic N) is 1. The molecule has 11 heavy (non-hydrogen) atoms. The Morgan fingerprint density at radius 1 is 1.55 bits per heavy atom. The zero-order chi connectivity index (χ0) is 7.52. The minimum atomic E-state index is 0.743. The molecule has 2 rings (SSSR count). The van der Waals surface area contributed by atoms with Crippen LogP contribution >= 0.6 is 11.3 Å². The molecular weight excluding hydrogens is 160 g/mol. The fraction of sp³-hybridized carbons (Fsp3) is 0. The van der Waals surface area contributed by atoms with E-state index in [1.807, 2.05) is 17.5 Å². The molecule has 2 aromatic heterocycles. The molecule has 0 fully saturated rings. The van der Waals surface area contributed by atoms with Crippen LogP contribution in [-0.2, 0) is 0 Å². The molecule has 4 heteroatoms. The van der Waals surface area contributed by atoms with Gasteiger partial charge >= 0.3 is 0 Å².